The third kappa shape index (κ3) is 4.68. The molecule has 24 heavy (non-hydrogen) atoms. The van der Waals surface area contributed by atoms with E-state index in [4.69, 9.17) is 4.74 Å². The van der Waals surface area contributed by atoms with Crippen LogP contribution in [0.15, 0.2) is 48.8 Å². The average molecular weight is 454 g/mol. The van der Waals surface area contributed by atoms with E-state index in [0.29, 0.717) is 0 Å². The van der Waals surface area contributed by atoms with Gasteiger partial charge in [-0.1, -0.05) is 29.0 Å². The molecule has 3 rings (SSSR count). The zero-order valence-electron chi connectivity index (χ0n) is 14.3. The number of aryl methyl sites for hydroxylation is 2. The number of hydrogen-bond donors (Lipinski definition) is 0. The first-order valence-corrected chi connectivity index (χ1v) is 11.0. The number of rotatable bonds is 7. The van der Waals surface area contributed by atoms with Gasteiger partial charge in [-0.25, -0.2) is 9.13 Å². The normalized spacial score (nSPS) is 11.1. The van der Waals surface area contributed by atoms with Crippen LogP contribution < -0.4 is 25.8 Å². The minimum Gasteiger partial charge on any atom is -0.372 e. The number of ether oxygens (including phenoxy) is 1. The smallest absolute Gasteiger partial charge is 0.369 e. The van der Waals surface area contributed by atoms with Gasteiger partial charge in [0.15, 0.2) is 3.57 Å². The second-order valence-corrected chi connectivity index (χ2v) is 10.6. The molecule has 2 aromatic heterocycles. The molecule has 0 radical (unpaired) electrons. The van der Waals surface area contributed by atoms with E-state index in [1.807, 2.05) is 11.3 Å². The van der Waals surface area contributed by atoms with Crippen molar-refractivity contribution in [3.05, 3.63) is 71.5 Å². The Morgan fingerprint density at radius 1 is 1.12 bits per heavy atom. The number of benzene rings is 1. The Morgan fingerprint density at radius 2 is 1.92 bits per heavy atom. The summed E-state index contributed by atoms with van der Waals surface area (Å²) < 4.78 is 13.2. The van der Waals surface area contributed by atoms with E-state index >= 15 is 0 Å². The maximum atomic E-state index is 5.86. The number of nitrogens with zero attached hydrogens (tertiary/aromatic N) is 2. The summed E-state index contributed by atoms with van der Waals surface area (Å²) in [4.78, 5) is 1.33. The van der Waals surface area contributed by atoms with Crippen molar-refractivity contribution in [1.82, 2.24) is 4.57 Å². The van der Waals surface area contributed by atoms with Crippen LogP contribution in [0.3, 0.4) is 0 Å². The van der Waals surface area contributed by atoms with E-state index < -0.39 is 0 Å². The predicted molar refractivity (Wildman–Crippen MR) is 92.9 cm³/mol. The van der Waals surface area contributed by atoms with Crippen molar-refractivity contribution in [2.24, 2.45) is 7.05 Å². The number of imidazole rings is 1. The molecule has 0 amide bonds. The minimum atomic E-state index is -0.0653. The third-order valence-corrected chi connectivity index (χ3v) is 8.22. The van der Waals surface area contributed by atoms with Crippen molar-refractivity contribution < 1.29 is 30.5 Å². The molecule has 0 spiro atoms. The largest absolute Gasteiger partial charge is 0.372 e. The van der Waals surface area contributed by atoms with Gasteiger partial charge in [0.1, 0.15) is 18.9 Å². The lowest BCUT2D eigenvalue weighted by Gasteiger charge is -2.01. The summed E-state index contributed by atoms with van der Waals surface area (Å²) in [6.07, 6.45) is 4.18. The van der Waals surface area contributed by atoms with Crippen LogP contribution in [0.4, 0.5) is 0 Å². The highest BCUT2D eigenvalue weighted by Crippen LogP contribution is 2.10. The van der Waals surface area contributed by atoms with E-state index in [1.54, 1.807) is 0 Å². The molecule has 2 heterocycles. The van der Waals surface area contributed by atoms with Crippen molar-refractivity contribution in [2.75, 3.05) is 6.61 Å². The van der Waals surface area contributed by atoms with Gasteiger partial charge in [-0.3, -0.25) is 0 Å². The molecule has 0 N–H and O–H groups in total. The van der Waals surface area contributed by atoms with Gasteiger partial charge in [0.2, 0.25) is 2.88 Å². The van der Waals surface area contributed by atoms with Crippen molar-refractivity contribution in [1.29, 1.82) is 0 Å². The van der Waals surface area contributed by atoms with Gasteiger partial charge in [-0.15, -0.1) is 0 Å². The molecule has 0 atom stereocenters. The molecule has 5 heteroatoms. The molecule has 1 aromatic carbocycles. The fourth-order valence-electron chi connectivity index (χ4n) is 2.35. The number of halogens is 1. The predicted octanol–water partition coefficient (Wildman–Crippen LogP) is 0.336. The Labute approximate surface area is 158 Å². The summed E-state index contributed by atoms with van der Waals surface area (Å²) in [5, 5.41) is 0. The molecule has 0 saturated heterocycles. The standard InChI is InChI=1S/C19H23IN2OS/c1-15-4-6-17(7-5-15)20-19-9-8-18(24-19)14-23-13-12-22-11-10-21(3)16(22)2/h4-11H,12-14H2,1-3H3/q+2. The lowest BCUT2D eigenvalue weighted by Crippen LogP contribution is -3.61. The maximum absolute atomic E-state index is 5.86. The van der Waals surface area contributed by atoms with Crippen molar-refractivity contribution in [3.8, 4) is 0 Å². The van der Waals surface area contributed by atoms with Crippen LogP contribution in [0.25, 0.3) is 0 Å². The highest BCUT2D eigenvalue weighted by atomic mass is 127. The van der Waals surface area contributed by atoms with Gasteiger partial charge in [0.25, 0.3) is 5.82 Å². The lowest BCUT2D eigenvalue weighted by atomic mass is 10.2. The SMILES string of the molecule is Cc1ccc([I+]c2ccc(COCCn3cc[n+](C)c3C)s2)cc1. The van der Waals surface area contributed by atoms with E-state index in [9.17, 15) is 0 Å². The van der Waals surface area contributed by atoms with Crippen molar-refractivity contribution in [3.63, 3.8) is 0 Å². The van der Waals surface area contributed by atoms with Gasteiger partial charge in [-0.2, -0.15) is 0 Å². The monoisotopic (exact) mass is 454 g/mol. The quantitative estimate of drug-likeness (QED) is 0.286. The Morgan fingerprint density at radius 3 is 2.62 bits per heavy atom. The molecule has 0 aliphatic rings. The second-order valence-electron chi connectivity index (χ2n) is 5.80. The number of aromatic nitrogens is 2. The van der Waals surface area contributed by atoms with E-state index in [-0.39, 0.29) is 21.2 Å². The van der Waals surface area contributed by atoms with Gasteiger partial charge in [0, 0.05) is 17.9 Å². The zero-order valence-corrected chi connectivity index (χ0v) is 17.3. The van der Waals surface area contributed by atoms with Crippen LogP contribution in [0.1, 0.15) is 16.3 Å². The van der Waals surface area contributed by atoms with Gasteiger partial charge in [0.05, 0.1) is 20.3 Å². The highest BCUT2D eigenvalue weighted by molar-refractivity contribution is 7.09. The first kappa shape index (κ1) is 17.6. The first-order chi connectivity index (χ1) is 11.6. The summed E-state index contributed by atoms with van der Waals surface area (Å²) in [6.45, 7) is 6.63. The molecular weight excluding hydrogens is 431 g/mol. The number of hydrogen-bond acceptors (Lipinski definition) is 2. The fourth-order valence-corrected chi connectivity index (χ4v) is 6.53. The van der Waals surface area contributed by atoms with Crippen LogP contribution in [0.5, 0.6) is 0 Å². The average Bonchev–Trinajstić information content (AvgIpc) is 3.15. The van der Waals surface area contributed by atoms with Crippen LogP contribution in [-0.4, -0.2) is 11.2 Å². The van der Waals surface area contributed by atoms with Crippen molar-refractivity contribution in [2.45, 2.75) is 27.0 Å². The van der Waals surface area contributed by atoms with E-state index in [0.717, 1.165) is 19.8 Å². The summed E-state index contributed by atoms with van der Waals surface area (Å²) in [7, 11) is 2.07. The Kier molecular flexibility index (Phi) is 6.08. The summed E-state index contributed by atoms with van der Waals surface area (Å²) in [6, 6.07) is 13.4. The molecule has 0 saturated carbocycles. The topological polar surface area (TPSA) is 18.0 Å². The molecule has 0 fully saturated rings. The molecule has 126 valence electrons. The molecule has 0 aliphatic carbocycles. The molecule has 3 aromatic rings. The van der Waals surface area contributed by atoms with Gasteiger partial charge >= 0.3 is 21.2 Å². The zero-order chi connectivity index (χ0) is 16.9. The maximum Gasteiger partial charge on any atom is 0.369 e. The molecule has 0 aliphatic heterocycles. The van der Waals surface area contributed by atoms with Crippen molar-refractivity contribution >= 4 is 11.3 Å². The Balaban J connectivity index is 1.46. The summed E-state index contributed by atoms with van der Waals surface area (Å²) >= 11 is 1.83. The van der Waals surface area contributed by atoms with Gasteiger partial charge < -0.3 is 4.74 Å². The van der Waals surface area contributed by atoms with Crippen LogP contribution in [0, 0.1) is 20.3 Å². The van der Waals surface area contributed by atoms with Crippen LogP contribution in [0.2, 0.25) is 0 Å². The van der Waals surface area contributed by atoms with Gasteiger partial charge in [-0.05, 0) is 25.1 Å². The first-order valence-electron chi connectivity index (χ1n) is 8.01. The van der Waals surface area contributed by atoms with E-state index in [1.165, 1.54) is 22.7 Å². The fraction of sp³-hybridized carbons (Fsp3) is 0.316. The lowest BCUT2D eigenvalue weighted by molar-refractivity contribution is -0.677. The molecule has 0 bridgehead atoms. The number of thiophene rings is 1. The molecule has 3 nitrogen and oxygen atoms in total. The second kappa shape index (κ2) is 8.27. The molecule has 0 unspecified atom stereocenters. The minimum absolute atomic E-state index is 0.0653. The third-order valence-electron chi connectivity index (χ3n) is 3.96. The summed E-state index contributed by atoms with van der Waals surface area (Å²) in [5.74, 6) is 1.25. The van der Waals surface area contributed by atoms with Crippen LogP contribution in [-0.2, 0) is 24.9 Å². The van der Waals surface area contributed by atoms with Crippen LogP contribution >= 0.6 is 11.3 Å². The Bertz CT molecular complexity index is 792. The highest BCUT2D eigenvalue weighted by Gasteiger charge is 2.18. The van der Waals surface area contributed by atoms with E-state index in [2.05, 4.69) is 78.8 Å². The molecular formula is C19H23IN2OS+2. The summed E-state index contributed by atoms with van der Waals surface area (Å²) in [5.41, 5.74) is 1.33. The Hall–Kier alpha value is -1.18.